The van der Waals surface area contributed by atoms with Gasteiger partial charge in [-0.25, -0.2) is 8.42 Å². The van der Waals surface area contributed by atoms with E-state index in [2.05, 4.69) is 19.2 Å². The summed E-state index contributed by atoms with van der Waals surface area (Å²) in [6, 6.07) is 0.398. The van der Waals surface area contributed by atoms with Crippen molar-refractivity contribution in [1.29, 1.82) is 0 Å². The number of rotatable bonds is 5. The van der Waals surface area contributed by atoms with E-state index in [4.69, 9.17) is 4.74 Å². The normalized spacial score (nSPS) is 35.4. The summed E-state index contributed by atoms with van der Waals surface area (Å²) in [4.78, 5) is 0. The number of hydrogen-bond donors (Lipinski definition) is 1. The Labute approximate surface area is 110 Å². The van der Waals surface area contributed by atoms with Gasteiger partial charge in [0.05, 0.1) is 17.6 Å². The molecule has 0 bridgehead atoms. The largest absolute Gasteiger partial charge is 0.378 e. The van der Waals surface area contributed by atoms with Crippen LogP contribution in [0.2, 0.25) is 0 Å². The van der Waals surface area contributed by atoms with Gasteiger partial charge in [0.15, 0.2) is 9.84 Å². The maximum atomic E-state index is 11.8. The van der Waals surface area contributed by atoms with Crippen molar-refractivity contribution in [2.24, 2.45) is 5.41 Å². The monoisotopic (exact) mass is 275 g/mol. The van der Waals surface area contributed by atoms with Crippen LogP contribution in [0.4, 0.5) is 0 Å². The summed E-state index contributed by atoms with van der Waals surface area (Å²) in [6.07, 6.45) is 4.15. The molecule has 0 aromatic heterocycles. The Bertz CT molecular complexity index is 374. The van der Waals surface area contributed by atoms with Crippen LogP contribution in [-0.2, 0) is 14.6 Å². The van der Waals surface area contributed by atoms with Crippen LogP contribution in [0.5, 0.6) is 0 Å². The lowest BCUT2D eigenvalue weighted by atomic mass is 9.81. The van der Waals surface area contributed by atoms with Crippen LogP contribution in [0, 0.1) is 5.41 Å². The molecule has 4 nitrogen and oxygen atoms in total. The van der Waals surface area contributed by atoms with Gasteiger partial charge in [0.25, 0.3) is 0 Å². The summed E-state index contributed by atoms with van der Waals surface area (Å²) in [5.74, 6) is 0.680. The highest BCUT2D eigenvalue weighted by Crippen LogP contribution is 2.38. The summed E-state index contributed by atoms with van der Waals surface area (Å²) >= 11 is 0. The Morgan fingerprint density at radius 3 is 2.72 bits per heavy atom. The molecule has 0 spiro atoms. The van der Waals surface area contributed by atoms with Crippen LogP contribution in [0.3, 0.4) is 0 Å². The summed E-state index contributed by atoms with van der Waals surface area (Å²) < 4.78 is 29.3. The standard InChI is InChI=1S/C13H25NO3S/c1-11(2)14-9-13(5-7-18(15,16)10-13)8-12-4-3-6-17-12/h11-12,14H,3-10H2,1-2H3. The minimum absolute atomic E-state index is 0.0991. The first-order chi connectivity index (χ1) is 8.41. The van der Waals surface area contributed by atoms with Gasteiger partial charge in [0.1, 0.15) is 0 Å². The third-order valence-corrected chi connectivity index (χ3v) is 5.92. The van der Waals surface area contributed by atoms with Crippen molar-refractivity contribution in [1.82, 2.24) is 5.32 Å². The molecule has 2 aliphatic rings. The van der Waals surface area contributed by atoms with Crippen molar-refractivity contribution >= 4 is 9.84 Å². The van der Waals surface area contributed by atoms with Gasteiger partial charge in [-0.15, -0.1) is 0 Å². The molecule has 0 aromatic rings. The van der Waals surface area contributed by atoms with Crippen LogP contribution < -0.4 is 5.32 Å². The zero-order valence-corrected chi connectivity index (χ0v) is 12.3. The Balaban J connectivity index is 2.02. The molecule has 0 aromatic carbocycles. The van der Waals surface area contributed by atoms with Crippen LogP contribution in [-0.4, -0.2) is 45.2 Å². The Kier molecular flexibility index (Phi) is 4.34. The van der Waals surface area contributed by atoms with Gasteiger partial charge < -0.3 is 10.1 Å². The van der Waals surface area contributed by atoms with E-state index in [1.807, 2.05) is 0 Å². The van der Waals surface area contributed by atoms with E-state index in [0.717, 1.165) is 38.8 Å². The lowest BCUT2D eigenvalue weighted by molar-refractivity contribution is 0.0672. The molecule has 1 N–H and O–H groups in total. The molecule has 106 valence electrons. The summed E-state index contributed by atoms with van der Waals surface area (Å²) in [5, 5.41) is 3.42. The van der Waals surface area contributed by atoms with Gasteiger partial charge in [-0.2, -0.15) is 0 Å². The van der Waals surface area contributed by atoms with Crippen molar-refractivity contribution in [3.63, 3.8) is 0 Å². The first-order valence-corrected chi connectivity index (χ1v) is 8.78. The van der Waals surface area contributed by atoms with E-state index in [1.54, 1.807) is 0 Å². The van der Waals surface area contributed by atoms with Crippen LogP contribution in [0.15, 0.2) is 0 Å². The van der Waals surface area contributed by atoms with Crippen molar-refractivity contribution < 1.29 is 13.2 Å². The zero-order chi connectivity index (χ0) is 13.2. The average Bonchev–Trinajstić information content (AvgIpc) is 2.85. The first-order valence-electron chi connectivity index (χ1n) is 6.96. The van der Waals surface area contributed by atoms with Crippen LogP contribution >= 0.6 is 0 Å². The second-order valence-corrected chi connectivity index (χ2v) is 8.40. The second-order valence-electron chi connectivity index (χ2n) is 6.22. The fourth-order valence-corrected chi connectivity index (χ4v) is 5.25. The van der Waals surface area contributed by atoms with Crippen molar-refractivity contribution in [3.8, 4) is 0 Å². The molecule has 0 saturated carbocycles. The topological polar surface area (TPSA) is 55.4 Å². The van der Waals surface area contributed by atoms with Gasteiger partial charge in [-0.1, -0.05) is 13.8 Å². The highest BCUT2D eigenvalue weighted by Gasteiger charge is 2.43. The predicted octanol–water partition coefficient (Wildman–Crippen LogP) is 1.36. The third kappa shape index (κ3) is 3.68. The molecule has 0 amide bonds. The number of nitrogens with one attached hydrogen (secondary N) is 1. The maximum Gasteiger partial charge on any atom is 0.150 e. The van der Waals surface area contributed by atoms with Gasteiger partial charge >= 0.3 is 0 Å². The van der Waals surface area contributed by atoms with E-state index in [-0.39, 0.29) is 11.5 Å². The molecule has 2 aliphatic heterocycles. The smallest absolute Gasteiger partial charge is 0.150 e. The lowest BCUT2D eigenvalue weighted by Gasteiger charge is -2.31. The molecule has 2 atom stereocenters. The quantitative estimate of drug-likeness (QED) is 0.823. The summed E-state index contributed by atoms with van der Waals surface area (Å²) in [5.41, 5.74) is -0.0991. The molecule has 18 heavy (non-hydrogen) atoms. The van der Waals surface area contributed by atoms with Crippen molar-refractivity contribution in [3.05, 3.63) is 0 Å². The van der Waals surface area contributed by atoms with Crippen molar-refractivity contribution in [2.45, 2.75) is 51.7 Å². The highest BCUT2D eigenvalue weighted by atomic mass is 32.2. The molecule has 2 unspecified atom stereocenters. The van der Waals surface area contributed by atoms with Crippen LogP contribution in [0.1, 0.15) is 39.5 Å². The van der Waals surface area contributed by atoms with E-state index in [1.165, 1.54) is 0 Å². The molecular weight excluding hydrogens is 250 g/mol. The molecule has 5 heteroatoms. The highest BCUT2D eigenvalue weighted by molar-refractivity contribution is 7.91. The average molecular weight is 275 g/mol. The van der Waals surface area contributed by atoms with E-state index < -0.39 is 9.84 Å². The molecule has 2 saturated heterocycles. The fourth-order valence-electron chi connectivity index (χ4n) is 3.06. The number of hydrogen-bond acceptors (Lipinski definition) is 4. The minimum Gasteiger partial charge on any atom is -0.378 e. The van der Waals surface area contributed by atoms with Crippen LogP contribution in [0.25, 0.3) is 0 Å². The molecule has 0 radical (unpaired) electrons. The zero-order valence-electron chi connectivity index (χ0n) is 11.4. The van der Waals surface area contributed by atoms with Gasteiger partial charge in [-0.3, -0.25) is 0 Å². The number of sulfone groups is 1. The second kappa shape index (κ2) is 5.47. The Morgan fingerprint density at radius 2 is 2.22 bits per heavy atom. The molecule has 2 rings (SSSR count). The van der Waals surface area contributed by atoms with Gasteiger partial charge in [-0.05, 0) is 25.7 Å². The van der Waals surface area contributed by atoms with Gasteiger partial charge in [0, 0.05) is 24.6 Å². The fraction of sp³-hybridized carbons (Fsp3) is 1.00. The summed E-state index contributed by atoms with van der Waals surface area (Å²) in [7, 11) is -2.84. The molecular formula is C13H25NO3S. The maximum absolute atomic E-state index is 11.8. The predicted molar refractivity (Wildman–Crippen MR) is 72.4 cm³/mol. The molecule has 2 heterocycles. The minimum atomic E-state index is -2.84. The Hall–Kier alpha value is -0.130. The first kappa shape index (κ1) is 14.3. The number of ether oxygens (including phenoxy) is 1. The third-order valence-electron chi connectivity index (χ3n) is 4.04. The van der Waals surface area contributed by atoms with E-state index >= 15 is 0 Å². The molecule has 0 aliphatic carbocycles. The SMILES string of the molecule is CC(C)NCC1(CC2CCCO2)CCS(=O)(=O)C1. The van der Waals surface area contributed by atoms with Gasteiger partial charge in [0.2, 0.25) is 0 Å². The lowest BCUT2D eigenvalue weighted by Crippen LogP contribution is -2.40. The van der Waals surface area contributed by atoms with E-state index in [0.29, 0.717) is 17.5 Å². The van der Waals surface area contributed by atoms with Crippen molar-refractivity contribution in [2.75, 3.05) is 24.7 Å². The Morgan fingerprint density at radius 1 is 1.44 bits per heavy atom. The molecule has 2 fully saturated rings. The summed E-state index contributed by atoms with van der Waals surface area (Å²) in [6.45, 7) is 5.83. The van der Waals surface area contributed by atoms with E-state index in [9.17, 15) is 8.42 Å².